The molecule has 0 aliphatic rings. The predicted octanol–water partition coefficient (Wildman–Crippen LogP) is 8.18. The molecule has 0 fully saturated rings. The van der Waals surface area contributed by atoms with Gasteiger partial charge < -0.3 is 14.8 Å². The molecule has 0 aliphatic carbocycles. The lowest BCUT2D eigenvalue weighted by atomic mass is 9.98. The van der Waals surface area contributed by atoms with Gasteiger partial charge in [0.05, 0.1) is 0 Å². The van der Waals surface area contributed by atoms with Crippen molar-refractivity contribution in [2.45, 2.75) is 11.8 Å². The van der Waals surface area contributed by atoms with Gasteiger partial charge in [0.15, 0.2) is 0 Å². The Labute approximate surface area is 246 Å². The number of benzene rings is 5. The molecule has 5 aromatic carbocycles. The number of fused-ring (bicyclic) bond motifs is 3. The van der Waals surface area contributed by atoms with E-state index in [1.807, 2.05) is 30.3 Å². The van der Waals surface area contributed by atoms with Crippen molar-refractivity contribution in [3.63, 3.8) is 0 Å². The van der Waals surface area contributed by atoms with Crippen molar-refractivity contribution >= 4 is 45.6 Å². The molecule has 6 aromatic rings. The fraction of sp³-hybridized carbons (Fsp3) is 0.0857. The van der Waals surface area contributed by atoms with Crippen LogP contribution in [0.15, 0.2) is 120 Å². The Bertz CT molecular complexity index is 1880. The number of nitrogens with one attached hydrogen (secondary N) is 1. The Kier molecular flexibility index (Phi) is 7.75. The number of halogens is 1. The Morgan fingerprint density at radius 1 is 0.762 bits per heavy atom. The van der Waals surface area contributed by atoms with Crippen molar-refractivity contribution in [1.29, 1.82) is 0 Å². The van der Waals surface area contributed by atoms with Crippen LogP contribution in [0.1, 0.15) is 15.9 Å². The monoisotopic (exact) mass is 575 g/mol. The second-order valence-corrected chi connectivity index (χ2v) is 11.0. The van der Waals surface area contributed by atoms with Crippen molar-refractivity contribution < 1.29 is 23.5 Å². The van der Waals surface area contributed by atoms with Gasteiger partial charge in [-0.25, -0.2) is 9.18 Å². The third-order valence-corrected chi connectivity index (χ3v) is 8.26. The molecular formula is C35H26FNO4S. The van der Waals surface area contributed by atoms with Gasteiger partial charge in [0.1, 0.15) is 23.0 Å². The Morgan fingerprint density at radius 2 is 1.40 bits per heavy atom. The molecule has 5 nitrogen and oxygen atoms in total. The molecule has 208 valence electrons. The summed E-state index contributed by atoms with van der Waals surface area (Å²) in [4.78, 5) is 24.1. The number of hydrogen-bond acceptors (Lipinski definition) is 4. The minimum absolute atomic E-state index is 0.198. The first-order valence-electron chi connectivity index (χ1n) is 13.4. The molecule has 7 heteroatoms. The standard InChI is InChI=1S/C35H26FNO4S/c36-27-18-16-26(17-19-27)34(38)37-31(35(39)40)21-42-20-22-8-10-23(11-9-22)24-12-14-25(15-13-24)28-5-3-6-30-29-4-1-2-7-32(29)41-33(28)30/h1-19,31H,20-21H2,(H,37,38)(H,39,40). The lowest BCUT2D eigenvalue weighted by Crippen LogP contribution is -2.42. The van der Waals surface area contributed by atoms with Crippen LogP contribution >= 0.6 is 11.8 Å². The van der Waals surface area contributed by atoms with E-state index in [9.17, 15) is 19.1 Å². The van der Waals surface area contributed by atoms with Crippen LogP contribution in [0.4, 0.5) is 4.39 Å². The van der Waals surface area contributed by atoms with Crippen LogP contribution in [0.2, 0.25) is 0 Å². The third kappa shape index (κ3) is 5.78. The SMILES string of the molecule is O=C(NC(CSCc1ccc(-c2ccc(-c3cccc4c3oc3ccccc34)cc2)cc1)C(=O)O)c1ccc(F)cc1. The number of rotatable bonds is 9. The number of amides is 1. The summed E-state index contributed by atoms with van der Waals surface area (Å²) in [6.07, 6.45) is 0. The van der Waals surface area contributed by atoms with Crippen LogP contribution in [-0.2, 0) is 10.5 Å². The second-order valence-electron chi connectivity index (χ2n) is 9.94. The van der Waals surface area contributed by atoms with Crippen LogP contribution in [-0.4, -0.2) is 28.8 Å². The van der Waals surface area contributed by atoms with Crippen LogP contribution < -0.4 is 5.32 Å². The number of carbonyl (C=O) groups is 2. The lowest BCUT2D eigenvalue weighted by Gasteiger charge is -2.14. The molecule has 6 rings (SSSR count). The summed E-state index contributed by atoms with van der Waals surface area (Å²) in [5.41, 5.74) is 7.31. The van der Waals surface area contributed by atoms with E-state index in [0.717, 1.165) is 49.8 Å². The second kappa shape index (κ2) is 11.9. The molecule has 1 amide bonds. The number of carboxylic acids is 1. The van der Waals surface area contributed by atoms with E-state index >= 15 is 0 Å². The number of furan rings is 1. The molecule has 0 aliphatic heterocycles. The van der Waals surface area contributed by atoms with Crippen LogP contribution in [0.3, 0.4) is 0 Å². The maximum absolute atomic E-state index is 13.1. The highest BCUT2D eigenvalue weighted by Crippen LogP contribution is 2.36. The minimum atomic E-state index is -1.12. The minimum Gasteiger partial charge on any atom is -0.480 e. The quantitative estimate of drug-likeness (QED) is 0.182. The van der Waals surface area contributed by atoms with Gasteiger partial charge in [0.2, 0.25) is 0 Å². The summed E-state index contributed by atoms with van der Waals surface area (Å²) in [5, 5.41) is 14.3. The summed E-state index contributed by atoms with van der Waals surface area (Å²) in [7, 11) is 0. The molecule has 1 atom stereocenters. The van der Waals surface area contributed by atoms with Crippen molar-refractivity contribution in [3.05, 3.63) is 132 Å². The molecular weight excluding hydrogens is 549 g/mol. The van der Waals surface area contributed by atoms with Gasteiger partial charge in [-0.05, 0) is 52.6 Å². The molecule has 1 heterocycles. The van der Waals surface area contributed by atoms with E-state index in [-0.39, 0.29) is 11.3 Å². The summed E-state index contributed by atoms with van der Waals surface area (Å²) in [6, 6.07) is 34.8. The van der Waals surface area contributed by atoms with Crippen LogP contribution in [0.25, 0.3) is 44.2 Å². The number of hydrogen-bond donors (Lipinski definition) is 2. The maximum atomic E-state index is 13.1. The number of carbonyl (C=O) groups excluding carboxylic acids is 1. The Balaban J connectivity index is 1.09. The zero-order chi connectivity index (χ0) is 29.1. The van der Waals surface area contributed by atoms with Gasteiger partial charge in [-0.3, -0.25) is 4.79 Å². The number of carboxylic acid groups (broad SMARTS) is 1. The molecule has 2 N–H and O–H groups in total. The molecule has 0 spiro atoms. The van der Waals surface area contributed by atoms with E-state index in [2.05, 4.69) is 66.0 Å². The highest BCUT2D eigenvalue weighted by Gasteiger charge is 2.21. The molecule has 0 saturated carbocycles. The van der Waals surface area contributed by atoms with Gasteiger partial charge in [0.25, 0.3) is 5.91 Å². The molecule has 42 heavy (non-hydrogen) atoms. The van der Waals surface area contributed by atoms with Gasteiger partial charge >= 0.3 is 5.97 Å². The van der Waals surface area contributed by atoms with Crippen LogP contribution in [0, 0.1) is 5.82 Å². The maximum Gasteiger partial charge on any atom is 0.327 e. The normalized spacial score (nSPS) is 11.9. The largest absolute Gasteiger partial charge is 0.480 e. The van der Waals surface area contributed by atoms with E-state index < -0.39 is 23.7 Å². The summed E-state index contributed by atoms with van der Waals surface area (Å²) in [6.45, 7) is 0. The highest BCUT2D eigenvalue weighted by atomic mass is 32.2. The summed E-state index contributed by atoms with van der Waals surface area (Å²) >= 11 is 1.42. The first-order chi connectivity index (χ1) is 20.5. The Hall–Kier alpha value is -4.88. The van der Waals surface area contributed by atoms with Crippen LogP contribution in [0.5, 0.6) is 0 Å². The number of para-hydroxylation sites is 2. The average molecular weight is 576 g/mol. The molecule has 1 unspecified atom stereocenters. The molecule has 0 radical (unpaired) electrons. The average Bonchev–Trinajstić information content (AvgIpc) is 3.40. The molecule has 0 saturated heterocycles. The first-order valence-corrected chi connectivity index (χ1v) is 14.6. The fourth-order valence-corrected chi connectivity index (χ4v) is 5.93. The zero-order valence-corrected chi connectivity index (χ0v) is 23.2. The first kappa shape index (κ1) is 27.3. The predicted molar refractivity (Wildman–Crippen MR) is 166 cm³/mol. The number of aliphatic carboxylic acids is 1. The van der Waals surface area contributed by atoms with Crippen molar-refractivity contribution in [2.75, 3.05) is 5.75 Å². The fourth-order valence-electron chi connectivity index (χ4n) is 4.92. The van der Waals surface area contributed by atoms with E-state index in [1.54, 1.807) is 0 Å². The van der Waals surface area contributed by atoms with E-state index in [1.165, 1.54) is 36.0 Å². The zero-order valence-electron chi connectivity index (χ0n) is 22.4. The molecule has 0 bridgehead atoms. The van der Waals surface area contributed by atoms with Crippen molar-refractivity contribution in [3.8, 4) is 22.3 Å². The number of thioether (sulfide) groups is 1. The summed E-state index contributed by atoms with van der Waals surface area (Å²) in [5.74, 6) is -1.34. The lowest BCUT2D eigenvalue weighted by molar-refractivity contribution is -0.138. The van der Waals surface area contributed by atoms with Gasteiger partial charge in [0, 0.05) is 33.4 Å². The topological polar surface area (TPSA) is 79.5 Å². The summed E-state index contributed by atoms with van der Waals surface area (Å²) < 4.78 is 19.3. The van der Waals surface area contributed by atoms with Crippen molar-refractivity contribution in [1.82, 2.24) is 5.32 Å². The van der Waals surface area contributed by atoms with E-state index in [0.29, 0.717) is 5.75 Å². The van der Waals surface area contributed by atoms with Crippen molar-refractivity contribution in [2.24, 2.45) is 0 Å². The van der Waals surface area contributed by atoms with Gasteiger partial charge in [-0.2, -0.15) is 11.8 Å². The van der Waals surface area contributed by atoms with Gasteiger partial charge in [-0.15, -0.1) is 0 Å². The third-order valence-electron chi connectivity index (χ3n) is 7.15. The smallest absolute Gasteiger partial charge is 0.327 e. The molecule has 1 aromatic heterocycles. The Morgan fingerprint density at radius 3 is 2.12 bits per heavy atom. The van der Waals surface area contributed by atoms with E-state index in [4.69, 9.17) is 4.42 Å². The van der Waals surface area contributed by atoms with Gasteiger partial charge in [-0.1, -0.05) is 84.9 Å². The highest BCUT2D eigenvalue weighted by molar-refractivity contribution is 7.98.